The third-order valence-corrected chi connectivity index (χ3v) is 8.42. The number of pyridine rings is 2. The molecule has 0 spiro atoms. The van der Waals surface area contributed by atoms with Crippen LogP contribution in [0.15, 0.2) is 54.0 Å². The van der Waals surface area contributed by atoms with Crippen molar-refractivity contribution in [3.63, 3.8) is 0 Å². The SMILES string of the molecule is C=CC(=O)N1CCN(c2nc(=O)n3c4nc(c(F)cc24)-c2cc(ccc2F)NCCCCc2ccnc(C(C)C)c2-3)[C@@H](C)C1. The Labute approximate surface area is 254 Å². The third kappa shape index (κ3) is 5.20. The van der Waals surface area contributed by atoms with Crippen molar-refractivity contribution < 1.29 is 13.6 Å². The molecule has 5 heterocycles. The molecule has 1 aromatic carbocycles. The third-order valence-electron chi connectivity index (χ3n) is 8.42. The average Bonchev–Trinajstić information content (AvgIpc) is 3.00. The number of nitrogens with one attached hydrogen (secondary N) is 1. The minimum absolute atomic E-state index is 0.00997. The van der Waals surface area contributed by atoms with Crippen LogP contribution in [0.3, 0.4) is 0 Å². The van der Waals surface area contributed by atoms with E-state index in [1.807, 2.05) is 31.7 Å². The Hall–Kier alpha value is -4.67. The number of carbonyl (C=O) groups is 1. The van der Waals surface area contributed by atoms with E-state index >= 15 is 8.78 Å². The van der Waals surface area contributed by atoms with Gasteiger partial charge in [-0.1, -0.05) is 20.4 Å². The molecule has 228 valence electrons. The molecular weight excluding hydrogens is 564 g/mol. The lowest BCUT2D eigenvalue weighted by molar-refractivity contribution is -0.126. The van der Waals surface area contributed by atoms with Gasteiger partial charge in [-0.15, -0.1) is 0 Å². The Morgan fingerprint density at radius 2 is 1.93 bits per heavy atom. The number of halogens is 2. The summed E-state index contributed by atoms with van der Waals surface area (Å²) in [6.07, 6.45) is 5.34. The molecule has 1 atom stereocenters. The Morgan fingerprint density at radius 3 is 2.68 bits per heavy atom. The average molecular weight is 600 g/mol. The van der Waals surface area contributed by atoms with Crippen LogP contribution in [0.4, 0.5) is 20.3 Å². The maximum Gasteiger partial charge on any atom is 0.355 e. The van der Waals surface area contributed by atoms with Crippen LogP contribution in [0.25, 0.3) is 28.0 Å². The van der Waals surface area contributed by atoms with Gasteiger partial charge in [0.05, 0.1) is 16.8 Å². The van der Waals surface area contributed by atoms with Crippen LogP contribution in [0, 0.1) is 11.6 Å². The lowest BCUT2D eigenvalue weighted by atomic mass is 10.00. The molecule has 0 radical (unpaired) electrons. The standard InChI is InChI=1S/C33H35F2N7O2/c1-5-27(43)40-14-15-41(20(4)18-40)31-24-17-26(35)29-23-16-22(9-10-25(23)34)36-12-7-6-8-21-11-13-37-28(19(2)3)30(21)42(32(24)38-29)33(44)39-31/h5,9-11,13,16-17,19-20,36H,1,6-8,12,14-15,18H2,2-4H3/t20-/m0/s1. The predicted octanol–water partition coefficient (Wildman–Crippen LogP) is 5.22. The first-order valence-electron chi connectivity index (χ1n) is 15.0. The number of aryl methyl sites for hydroxylation is 1. The Balaban J connectivity index is 1.67. The molecule has 0 unspecified atom stereocenters. The van der Waals surface area contributed by atoms with Crippen molar-refractivity contribution in [3.05, 3.63) is 82.6 Å². The van der Waals surface area contributed by atoms with Crippen molar-refractivity contribution >= 4 is 28.4 Å². The predicted molar refractivity (Wildman–Crippen MR) is 167 cm³/mol. The van der Waals surface area contributed by atoms with Crippen LogP contribution in [0.5, 0.6) is 0 Å². The van der Waals surface area contributed by atoms with E-state index in [1.165, 1.54) is 22.8 Å². The van der Waals surface area contributed by atoms with Crippen LogP contribution < -0.4 is 15.9 Å². The van der Waals surface area contributed by atoms with Gasteiger partial charge in [0.2, 0.25) is 5.91 Å². The smallest absolute Gasteiger partial charge is 0.355 e. The van der Waals surface area contributed by atoms with Gasteiger partial charge in [0.15, 0.2) is 5.65 Å². The van der Waals surface area contributed by atoms with E-state index in [0.29, 0.717) is 55.1 Å². The fraction of sp³-hybridized carbons (Fsp3) is 0.364. The van der Waals surface area contributed by atoms with Gasteiger partial charge in [0.1, 0.15) is 23.1 Å². The number of anilines is 2. The molecule has 11 heteroatoms. The number of nitrogens with zero attached hydrogens (tertiary/aromatic N) is 6. The summed E-state index contributed by atoms with van der Waals surface area (Å²) < 4.78 is 32.8. The first kappa shape index (κ1) is 29.4. The van der Waals surface area contributed by atoms with Crippen molar-refractivity contribution in [3.8, 4) is 16.9 Å². The molecule has 4 bridgehead atoms. The highest BCUT2D eigenvalue weighted by Gasteiger charge is 2.31. The minimum Gasteiger partial charge on any atom is -0.385 e. The summed E-state index contributed by atoms with van der Waals surface area (Å²) in [7, 11) is 0. The fourth-order valence-corrected chi connectivity index (χ4v) is 6.20. The molecule has 1 amide bonds. The molecule has 3 aromatic heterocycles. The minimum atomic E-state index is -0.738. The zero-order chi connectivity index (χ0) is 31.1. The first-order chi connectivity index (χ1) is 21.2. The van der Waals surface area contributed by atoms with Crippen LogP contribution in [0.1, 0.15) is 50.8 Å². The fourth-order valence-electron chi connectivity index (χ4n) is 6.20. The van der Waals surface area contributed by atoms with Crippen molar-refractivity contribution in [2.75, 3.05) is 36.4 Å². The molecule has 9 nitrogen and oxygen atoms in total. The van der Waals surface area contributed by atoms with Crippen LogP contribution >= 0.6 is 0 Å². The van der Waals surface area contributed by atoms with Gasteiger partial charge in [-0.3, -0.25) is 9.78 Å². The lowest BCUT2D eigenvalue weighted by Gasteiger charge is -2.40. The Bertz CT molecular complexity index is 1840. The van der Waals surface area contributed by atoms with Crippen LogP contribution in [-0.2, 0) is 11.2 Å². The molecule has 0 aliphatic carbocycles. The highest BCUT2D eigenvalue weighted by molar-refractivity contribution is 5.91. The molecule has 4 aromatic rings. The highest BCUT2D eigenvalue weighted by Crippen LogP contribution is 2.35. The van der Waals surface area contributed by atoms with Crippen molar-refractivity contribution in [2.45, 2.75) is 52.0 Å². The molecule has 1 N–H and O–H groups in total. The van der Waals surface area contributed by atoms with Gasteiger partial charge < -0.3 is 15.1 Å². The van der Waals surface area contributed by atoms with E-state index in [1.54, 1.807) is 23.2 Å². The number of benzene rings is 1. The quantitative estimate of drug-likeness (QED) is 0.323. The summed E-state index contributed by atoms with van der Waals surface area (Å²) >= 11 is 0. The molecule has 1 saturated heterocycles. The second-order valence-electron chi connectivity index (χ2n) is 11.7. The number of fused-ring (bicyclic) bond motifs is 6. The maximum absolute atomic E-state index is 16.1. The van der Waals surface area contributed by atoms with Gasteiger partial charge in [-0.05, 0) is 74.1 Å². The monoisotopic (exact) mass is 599 g/mol. The zero-order valence-electron chi connectivity index (χ0n) is 25.1. The summed E-state index contributed by atoms with van der Waals surface area (Å²) in [5.74, 6) is -1.32. The van der Waals surface area contributed by atoms with E-state index in [0.717, 1.165) is 18.4 Å². The van der Waals surface area contributed by atoms with E-state index in [2.05, 4.69) is 21.9 Å². The number of carbonyl (C=O) groups excluding carboxylic acids is 1. The second kappa shape index (κ2) is 11.8. The normalized spacial score (nSPS) is 16.9. The summed E-state index contributed by atoms with van der Waals surface area (Å²) in [5.41, 5.74) is 2.19. The molecule has 1 fully saturated rings. The Morgan fingerprint density at radius 1 is 1.11 bits per heavy atom. The van der Waals surface area contributed by atoms with Crippen molar-refractivity contribution in [1.82, 2.24) is 24.4 Å². The summed E-state index contributed by atoms with van der Waals surface area (Å²) in [6, 6.07) is 7.42. The number of amides is 1. The lowest BCUT2D eigenvalue weighted by Crippen LogP contribution is -2.54. The van der Waals surface area contributed by atoms with Crippen molar-refractivity contribution in [1.29, 1.82) is 0 Å². The number of rotatable bonds is 3. The first-order valence-corrected chi connectivity index (χ1v) is 15.0. The Kier molecular flexibility index (Phi) is 7.87. The van der Waals surface area contributed by atoms with Gasteiger partial charge in [0, 0.05) is 49.7 Å². The summed E-state index contributed by atoms with van der Waals surface area (Å²) in [5, 5.41) is 3.63. The van der Waals surface area contributed by atoms with Gasteiger partial charge in [0.25, 0.3) is 0 Å². The number of hydrogen-bond donors (Lipinski definition) is 1. The number of hydrogen-bond acceptors (Lipinski definition) is 7. The maximum atomic E-state index is 16.1. The van der Waals surface area contributed by atoms with Gasteiger partial charge in [-0.25, -0.2) is 23.1 Å². The second-order valence-corrected chi connectivity index (χ2v) is 11.7. The molecule has 6 rings (SSSR count). The van der Waals surface area contributed by atoms with Gasteiger partial charge in [-0.2, -0.15) is 4.98 Å². The topological polar surface area (TPSA) is 96.3 Å². The zero-order valence-corrected chi connectivity index (χ0v) is 25.1. The largest absolute Gasteiger partial charge is 0.385 e. The number of piperazine rings is 1. The van der Waals surface area contributed by atoms with Crippen molar-refractivity contribution in [2.24, 2.45) is 0 Å². The highest BCUT2D eigenvalue weighted by atomic mass is 19.1. The molecule has 0 saturated carbocycles. The van der Waals surface area contributed by atoms with E-state index in [4.69, 9.17) is 4.98 Å². The van der Waals surface area contributed by atoms with E-state index in [9.17, 15) is 9.59 Å². The summed E-state index contributed by atoms with van der Waals surface area (Å²) in [4.78, 5) is 44.0. The van der Waals surface area contributed by atoms with E-state index < -0.39 is 17.3 Å². The molecular formula is C33H35F2N7O2. The van der Waals surface area contributed by atoms with Crippen LogP contribution in [0.2, 0.25) is 0 Å². The van der Waals surface area contributed by atoms with Crippen LogP contribution in [-0.4, -0.2) is 62.5 Å². The number of aromatic nitrogens is 4. The van der Waals surface area contributed by atoms with Gasteiger partial charge >= 0.3 is 5.69 Å². The molecule has 44 heavy (non-hydrogen) atoms. The molecule has 2 aliphatic heterocycles. The molecule has 2 aliphatic rings. The van der Waals surface area contributed by atoms with E-state index in [-0.39, 0.29) is 40.6 Å². The summed E-state index contributed by atoms with van der Waals surface area (Å²) in [6.45, 7) is 11.3.